The van der Waals surface area contributed by atoms with E-state index in [2.05, 4.69) is 5.32 Å². The number of amides is 1. The second kappa shape index (κ2) is 9.74. The number of phenolic OH excluding ortho intramolecular Hbond substituents is 4. The number of aryl methyl sites for hydroxylation is 1. The number of carbonyl (C=O) groups is 3. The van der Waals surface area contributed by atoms with Gasteiger partial charge in [-0.3, -0.25) is 19.2 Å². The predicted molar refractivity (Wildman–Crippen MR) is 133 cm³/mol. The van der Waals surface area contributed by atoms with E-state index in [1.165, 1.54) is 11.6 Å². The van der Waals surface area contributed by atoms with Crippen molar-refractivity contribution in [1.82, 2.24) is 9.88 Å². The number of hydrogen-bond acceptors (Lipinski definition) is 10. The molecule has 2 aromatic carbocycles. The number of aliphatic carboxylic acids is 2. The highest BCUT2D eigenvalue weighted by molar-refractivity contribution is 6.03. The van der Waals surface area contributed by atoms with Crippen LogP contribution in [0.1, 0.15) is 23.4 Å². The van der Waals surface area contributed by atoms with Crippen molar-refractivity contribution < 1.29 is 49.4 Å². The van der Waals surface area contributed by atoms with Gasteiger partial charge in [0.15, 0.2) is 28.4 Å². The van der Waals surface area contributed by atoms with E-state index in [-0.39, 0.29) is 21.9 Å². The standard InChI is InChI=1S/C25H20N2O12/c1-27-8-11(21(34)9-4-14(28)16(30)6-13(9)27)20-22(35)10-5-15(29)17(31)7-18(10)39-23(20)24(36)26-12(25(37)38)2-3-19(32)33/h4-8,12,28-31H,2-3H2,1H3,(H,26,36)(H,32,33)(H,37,38)/t12-/m0/s1. The van der Waals surface area contributed by atoms with Crippen LogP contribution in [0.25, 0.3) is 33.0 Å². The Morgan fingerprint density at radius 3 is 2.10 bits per heavy atom. The third-order valence-corrected chi connectivity index (χ3v) is 6.00. The summed E-state index contributed by atoms with van der Waals surface area (Å²) in [6.45, 7) is 0. The summed E-state index contributed by atoms with van der Waals surface area (Å²) in [5.74, 6) is -7.58. The van der Waals surface area contributed by atoms with Gasteiger partial charge in [0.05, 0.1) is 27.4 Å². The molecule has 1 amide bonds. The molecule has 7 N–H and O–H groups in total. The molecule has 0 fully saturated rings. The molecule has 0 unspecified atom stereocenters. The van der Waals surface area contributed by atoms with Gasteiger partial charge in [-0.05, 0) is 18.6 Å². The summed E-state index contributed by atoms with van der Waals surface area (Å²) in [6, 6.07) is 2.03. The topological polar surface area (TPSA) is 237 Å². The molecule has 4 rings (SSSR count). The lowest BCUT2D eigenvalue weighted by atomic mass is 10.00. The van der Waals surface area contributed by atoms with Gasteiger partial charge in [0, 0.05) is 31.8 Å². The molecular formula is C25H20N2O12. The molecule has 39 heavy (non-hydrogen) atoms. The SMILES string of the molecule is Cn1cc(-c2c(C(=O)N[C@@H](CCC(=O)O)C(=O)O)oc3cc(O)c(O)cc3c2=O)c(=O)c2cc(O)c(O)cc21. The highest BCUT2D eigenvalue weighted by Gasteiger charge is 2.29. The van der Waals surface area contributed by atoms with E-state index >= 15 is 0 Å². The number of phenols is 4. The first-order valence-electron chi connectivity index (χ1n) is 11.1. The summed E-state index contributed by atoms with van der Waals surface area (Å²) in [5, 5.41) is 59.5. The van der Waals surface area contributed by atoms with E-state index in [4.69, 9.17) is 9.52 Å². The molecule has 2 heterocycles. The number of carboxylic acids is 2. The summed E-state index contributed by atoms with van der Waals surface area (Å²) in [6.07, 6.45) is 0.0224. The van der Waals surface area contributed by atoms with Crippen LogP contribution >= 0.6 is 0 Å². The maximum atomic E-state index is 13.6. The highest BCUT2D eigenvalue weighted by Crippen LogP contribution is 2.33. The average Bonchev–Trinajstić information content (AvgIpc) is 2.86. The Balaban J connectivity index is 2.03. The van der Waals surface area contributed by atoms with Crippen molar-refractivity contribution in [2.24, 2.45) is 7.05 Å². The molecule has 0 aliphatic rings. The summed E-state index contributed by atoms with van der Waals surface area (Å²) >= 11 is 0. The molecular weight excluding hydrogens is 520 g/mol. The van der Waals surface area contributed by atoms with E-state index in [1.807, 2.05) is 0 Å². The Labute approximate surface area is 216 Å². The van der Waals surface area contributed by atoms with Gasteiger partial charge in [0.25, 0.3) is 5.91 Å². The van der Waals surface area contributed by atoms with Crippen LogP contribution in [0.15, 0.2) is 44.5 Å². The monoisotopic (exact) mass is 540 g/mol. The van der Waals surface area contributed by atoms with Gasteiger partial charge in [0.1, 0.15) is 11.6 Å². The van der Waals surface area contributed by atoms with Crippen LogP contribution in [-0.4, -0.2) is 59.1 Å². The van der Waals surface area contributed by atoms with Crippen molar-refractivity contribution in [3.8, 4) is 34.1 Å². The molecule has 0 radical (unpaired) electrons. The van der Waals surface area contributed by atoms with E-state index in [1.54, 1.807) is 0 Å². The van der Waals surface area contributed by atoms with Crippen LogP contribution in [0.3, 0.4) is 0 Å². The molecule has 0 spiro atoms. The van der Waals surface area contributed by atoms with Crippen LogP contribution in [0.5, 0.6) is 23.0 Å². The van der Waals surface area contributed by atoms with Crippen LogP contribution in [0, 0.1) is 0 Å². The molecule has 2 aromatic heterocycles. The molecule has 0 bridgehead atoms. The Hall–Kier alpha value is -5.53. The minimum atomic E-state index is -1.71. The molecule has 14 nitrogen and oxygen atoms in total. The zero-order valence-electron chi connectivity index (χ0n) is 20.0. The minimum absolute atomic E-state index is 0.150. The molecule has 202 valence electrons. The minimum Gasteiger partial charge on any atom is -0.504 e. The van der Waals surface area contributed by atoms with Crippen molar-refractivity contribution in [3.05, 3.63) is 56.7 Å². The van der Waals surface area contributed by atoms with E-state index < -0.39 is 87.5 Å². The molecule has 0 saturated heterocycles. The van der Waals surface area contributed by atoms with Gasteiger partial charge in [-0.2, -0.15) is 0 Å². The van der Waals surface area contributed by atoms with E-state index in [0.29, 0.717) is 0 Å². The van der Waals surface area contributed by atoms with Crippen molar-refractivity contribution in [2.75, 3.05) is 0 Å². The number of carbonyl (C=O) groups excluding carboxylic acids is 1. The third kappa shape index (κ3) is 4.77. The predicted octanol–water partition coefficient (Wildman–Crippen LogP) is 1.18. The number of benzene rings is 2. The Bertz CT molecular complexity index is 1820. The highest BCUT2D eigenvalue weighted by atomic mass is 16.4. The number of rotatable bonds is 7. The fourth-order valence-corrected chi connectivity index (χ4v) is 4.06. The number of fused-ring (bicyclic) bond motifs is 2. The number of nitrogens with zero attached hydrogens (tertiary/aromatic N) is 1. The number of aromatic nitrogens is 1. The first kappa shape index (κ1) is 26.5. The number of hydrogen-bond donors (Lipinski definition) is 7. The third-order valence-electron chi connectivity index (χ3n) is 6.00. The largest absolute Gasteiger partial charge is 0.504 e. The van der Waals surface area contributed by atoms with Gasteiger partial charge < -0.3 is 44.9 Å². The maximum Gasteiger partial charge on any atom is 0.326 e. The number of carboxylic acid groups (broad SMARTS) is 2. The average molecular weight is 540 g/mol. The first-order chi connectivity index (χ1) is 18.3. The fraction of sp³-hybridized carbons (Fsp3) is 0.160. The smallest absolute Gasteiger partial charge is 0.326 e. The van der Waals surface area contributed by atoms with Crippen LogP contribution in [0.2, 0.25) is 0 Å². The summed E-state index contributed by atoms with van der Waals surface area (Å²) in [4.78, 5) is 62.9. The van der Waals surface area contributed by atoms with Gasteiger partial charge in [-0.25, -0.2) is 4.79 Å². The number of aromatic hydroxyl groups is 4. The molecule has 0 aliphatic heterocycles. The molecule has 14 heteroatoms. The molecule has 0 saturated carbocycles. The van der Waals surface area contributed by atoms with Gasteiger partial charge in [0.2, 0.25) is 11.2 Å². The summed E-state index contributed by atoms with van der Waals surface area (Å²) in [5.41, 5.74) is -3.17. The van der Waals surface area contributed by atoms with Gasteiger partial charge in [-0.1, -0.05) is 0 Å². The van der Waals surface area contributed by atoms with Crippen LogP contribution in [-0.2, 0) is 16.6 Å². The van der Waals surface area contributed by atoms with Crippen LogP contribution in [0.4, 0.5) is 0 Å². The number of pyridine rings is 1. The van der Waals surface area contributed by atoms with E-state index in [9.17, 15) is 49.5 Å². The summed E-state index contributed by atoms with van der Waals surface area (Å²) in [7, 11) is 1.44. The molecule has 4 aromatic rings. The van der Waals surface area contributed by atoms with E-state index in [0.717, 1.165) is 30.5 Å². The Kier molecular flexibility index (Phi) is 6.62. The quantitative estimate of drug-likeness (QED) is 0.164. The molecule has 1 atom stereocenters. The number of nitrogens with one attached hydrogen (secondary N) is 1. The zero-order chi connectivity index (χ0) is 28.8. The lowest BCUT2D eigenvalue weighted by Gasteiger charge is -2.16. The maximum absolute atomic E-state index is 13.6. The van der Waals surface area contributed by atoms with Crippen molar-refractivity contribution >= 4 is 39.7 Å². The normalized spacial score (nSPS) is 11.9. The van der Waals surface area contributed by atoms with Crippen LogP contribution < -0.4 is 16.2 Å². The van der Waals surface area contributed by atoms with Gasteiger partial charge >= 0.3 is 11.9 Å². The lowest BCUT2D eigenvalue weighted by molar-refractivity contribution is -0.140. The second-order valence-corrected chi connectivity index (χ2v) is 8.61. The van der Waals surface area contributed by atoms with Crippen molar-refractivity contribution in [1.29, 1.82) is 0 Å². The first-order valence-corrected chi connectivity index (χ1v) is 11.1. The van der Waals surface area contributed by atoms with Gasteiger partial charge in [-0.15, -0.1) is 0 Å². The Morgan fingerprint density at radius 2 is 1.49 bits per heavy atom. The zero-order valence-corrected chi connectivity index (χ0v) is 20.0. The molecule has 0 aliphatic carbocycles. The fourth-order valence-electron chi connectivity index (χ4n) is 4.06. The Morgan fingerprint density at radius 1 is 0.897 bits per heavy atom. The second-order valence-electron chi connectivity index (χ2n) is 8.61. The lowest BCUT2D eigenvalue weighted by Crippen LogP contribution is -2.41. The van der Waals surface area contributed by atoms with Crippen molar-refractivity contribution in [2.45, 2.75) is 18.9 Å². The van der Waals surface area contributed by atoms with Crippen molar-refractivity contribution in [3.63, 3.8) is 0 Å². The summed E-state index contributed by atoms with van der Waals surface area (Å²) < 4.78 is 6.87.